The van der Waals surface area contributed by atoms with Crippen LogP contribution < -0.4 is 5.32 Å². The summed E-state index contributed by atoms with van der Waals surface area (Å²) in [7, 11) is 1.93. The van der Waals surface area contributed by atoms with Crippen molar-refractivity contribution in [1.82, 2.24) is 19.8 Å². The fourth-order valence-corrected chi connectivity index (χ4v) is 2.88. The molecule has 6 heteroatoms. The van der Waals surface area contributed by atoms with Crippen LogP contribution in [0.4, 0.5) is 0 Å². The number of rotatable bonds is 6. The summed E-state index contributed by atoms with van der Waals surface area (Å²) in [4.78, 5) is 15.2. The molecule has 5 nitrogen and oxygen atoms in total. The van der Waals surface area contributed by atoms with Gasteiger partial charge in [-0.05, 0) is 44.9 Å². The average Bonchev–Trinajstić information content (AvgIpc) is 2.84. The molecule has 0 saturated heterocycles. The fourth-order valence-electron chi connectivity index (χ4n) is 2.17. The van der Waals surface area contributed by atoms with E-state index in [1.54, 1.807) is 0 Å². The Kier molecular flexibility index (Phi) is 5.63. The van der Waals surface area contributed by atoms with E-state index in [4.69, 9.17) is 0 Å². The zero-order valence-corrected chi connectivity index (χ0v) is 14.3. The summed E-state index contributed by atoms with van der Waals surface area (Å²) in [5.41, 5.74) is 3.27. The number of likely N-dealkylation sites (N-methyl/N-ethyl adjacent to an activating group) is 1. The third-order valence-corrected chi connectivity index (χ3v) is 4.34. The highest BCUT2D eigenvalue weighted by Crippen LogP contribution is 2.14. The Bertz CT molecular complexity index is 623. The van der Waals surface area contributed by atoms with Crippen molar-refractivity contribution < 1.29 is 4.79 Å². The molecule has 1 aromatic carbocycles. The van der Waals surface area contributed by atoms with Crippen LogP contribution in [-0.4, -0.2) is 34.0 Å². The third kappa shape index (κ3) is 4.61. The van der Waals surface area contributed by atoms with Gasteiger partial charge in [0.2, 0.25) is 5.91 Å². The van der Waals surface area contributed by atoms with Gasteiger partial charge in [0.15, 0.2) is 0 Å². The summed E-state index contributed by atoms with van der Waals surface area (Å²) in [5.74, 6) is 0.0192. The average molecular weight is 318 g/mol. The van der Waals surface area contributed by atoms with Crippen molar-refractivity contribution in [1.29, 1.82) is 0 Å². The van der Waals surface area contributed by atoms with E-state index in [0.717, 1.165) is 16.1 Å². The zero-order chi connectivity index (χ0) is 16.1. The van der Waals surface area contributed by atoms with Crippen LogP contribution in [0.3, 0.4) is 0 Å². The van der Waals surface area contributed by atoms with Crippen molar-refractivity contribution >= 4 is 17.4 Å². The number of nitrogens with one attached hydrogen (secondary N) is 1. The lowest BCUT2D eigenvalue weighted by molar-refractivity contribution is -0.122. The van der Waals surface area contributed by atoms with E-state index in [-0.39, 0.29) is 11.9 Å². The molecule has 0 fully saturated rings. The molecule has 0 spiro atoms. The lowest BCUT2D eigenvalue weighted by atomic mass is 10.1. The minimum Gasteiger partial charge on any atom is -0.348 e. The molecule has 0 saturated carbocycles. The summed E-state index contributed by atoms with van der Waals surface area (Å²) < 4.78 is 3.91. The number of aromatic nitrogens is 2. The van der Waals surface area contributed by atoms with Crippen LogP contribution in [0.1, 0.15) is 34.7 Å². The number of hydrogen-bond donors (Lipinski definition) is 1. The van der Waals surface area contributed by atoms with Gasteiger partial charge in [-0.2, -0.15) is 0 Å². The summed E-state index contributed by atoms with van der Waals surface area (Å²) in [6, 6.07) is 8.23. The van der Waals surface area contributed by atoms with Gasteiger partial charge < -0.3 is 5.32 Å². The molecule has 2 rings (SSSR count). The molecule has 0 aliphatic carbocycles. The molecule has 118 valence electrons. The van der Waals surface area contributed by atoms with Crippen molar-refractivity contribution in [2.24, 2.45) is 0 Å². The number of amides is 1. The van der Waals surface area contributed by atoms with Crippen LogP contribution in [0.15, 0.2) is 24.3 Å². The quantitative estimate of drug-likeness (QED) is 0.889. The van der Waals surface area contributed by atoms with Crippen LogP contribution in [-0.2, 0) is 11.3 Å². The normalized spacial score (nSPS) is 12.4. The Morgan fingerprint density at radius 2 is 2.00 bits per heavy atom. The van der Waals surface area contributed by atoms with Gasteiger partial charge in [-0.25, -0.2) is 0 Å². The van der Waals surface area contributed by atoms with Crippen molar-refractivity contribution in [3.05, 3.63) is 46.0 Å². The van der Waals surface area contributed by atoms with E-state index in [0.29, 0.717) is 13.1 Å². The van der Waals surface area contributed by atoms with Crippen molar-refractivity contribution in [3.8, 4) is 0 Å². The van der Waals surface area contributed by atoms with Crippen LogP contribution in [0, 0.1) is 13.8 Å². The first kappa shape index (κ1) is 16.6. The Morgan fingerprint density at radius 3 is 2.59 bits per heavy atom. The van der Waals surface area contributed by atoms with Crippen molar-refractivity contribution in [2.75, 3.05) is 13.6 Å². The zero-order valence-electron chi connectivity index (χ0n) is 13.5. The Hall–Kier alpha value is -1.79. The number of carbonyl (C=O) groups is 1. The predicted octanol–water partition coefficient (Wildman–Crippen LogP) is 2.46. The highest BCUT2D eigenvalue weighted by atomic mass is 32.1. The van der Waals surface area contributed by atoms with Crippen LogP contribution in [0.2, 0.25) is 0 Å². The number of carbonyl (C=O) groups excluding carboxylic acids is 1. The van der Waals surface area contributed by atoms with Gasteiger partial charge in [0, 0.05) is 6.54 Å². The summed E-state index contributed by atoms with van der Waals surface area (Å²) in [6.07, 6.45) is 0. The minimum absolute atomic E-state index is 0.00769. The Balaban J connectivity index is 1.84. The predicted molar refractivity (Wildman–Crippen MR) is 88.7 cm³/mol. The van der Waals surface area contributed by atoms with Gasteiger partial charge in [-0.1, -0.05) is 34.3 Å². The number of benzene rings is 1. The Labute approximate surface area is 135 Å². The first-order valence-electron chi connectivity index (χ1n) is 7.28. The second-order valence-corrected chi connectivity index (χ2v) is 6.49. The van der Waals surface area contributed by atoms with Gasteiger partial charge in [-0.3, -0.25) is 9.69 Å². The van der Waals surface area contributed by atoms with Gasteiger partial charge in [-0.15, -0.1) is 5.10 Å². The summed E-state index contributed by atoms with van der Waals surface area (Å²) >= 11 is 1.38. The molecule has 2 aromatic rings. The molecule has 1 heterocycles. The minimum atomic E-state index is 0.00769. The lowest BCUT2D eigenvalue weighted by Gasteiger charge is -2.19. The van der Waals surface area contributed by atoms with Gasteiger partial charge in [0.05, 0.1) is 23.2 Å². The van der Waals surface area contributed by atoms with Crippen molar-refractivity contribution in [3.63, 3.8) is 0 Å². The molecular formula is C16H22N4OS. The molecule has 22 heavy (non-hydrogen) atoms. The second kappa shape index (κ2) is 7.47. The molecule has 1 aromatic heterocycles. The molecule has 0 radical (unpaired) electrons. The lowest BCUT2D eigenvalue weighted by Crippen LogP contribution is -2.36. The third-order valence-electron chi connectivity index (χ3n) is 3.53. The van der Waals surface area contributed by atoms with Gasteiger partial charge >= 0.3 is 0 Å². The monoisotopic (exact) mass is 318 g/mol. The summed E-state index contributed by atoms with van der Waals surface area (Å²) in [5, 5.41) is 7.02. The fraction of sp³-hybridized carbons (Fsp3) is 0.438. The molecule has 1 atom stereocenters. The smallest absolute Gasteiger partial charge is 0.234 e. The summed E-state index contributed by atoms with van der Waals surface area (Å²) in [6.45, 7) is 7.04. The standard InChI is InChI=1S/C16H22N4OS/c1-11-5-7-14(8-6-11)12(2)17-16(21)10-20(4)9-15-13(3)18-19-22-15/h5-8,12H,9-10H2,1-4H3,(H,17,21)/t12-/m0/s1. The Morgan fingerprint density at radius 1 is 1.32 bits per heavy atom. The van der Waals surface area contributed by atoms with Crippen LogP contribution >= 0.6 is 11.5 Å². The first-order chi connectivity index (χ1) is 10.5. The molecule has 0 bridgehead atoms. The van der Waals surface area contributed by atoms with E-state index in [1.165, 1.54) is 17.1 Å². The highest BCUT2D eigenvalue weighted by molar-refractivity contribution is 7.05. The van der Waals surface area contributed by atoms with Gasteiger partial charge in [0.25, 0.3) is 0 Å². The first-order valence-corrected chi connectivity index (χ1v) is 8.05. The maximum absolute atomic E-state index is 12.1. The number of nitrogens with zero attached hydrogens (tertiary/aromatic N) is 3. The van der Waals surface area contributed by atoms with E-state index >= 15 is 0 Å². The van der Waals surface area contributed by atoms with Gasteiger partial charge in [0.1, 0.15) is 0 Å². The van der Waals surface area contributed by atoms with E-state index in [9.17, 15) is 4.79 Å². The molecule has 1 amide bonds. The van der Waals surface area contributed by atoms with E-state index in [2.05, 4.69) is 46.1 Å². The molecule has 1 N–H and O–H groups in total. The number of hydrogen-bond acceptors (Lipinski definition) is 5. The molecule has 0 unspecified atom stereocenters. The number of aryl methyl sites for hydroxylation is 2. The van der Waals surface area contributed by atoms with Crippen LogP contribution in [0.25, 0.3) is 0 Å². The second-order valence-electron chi connectivity index (χ2n) is 5.65. The van der Waals surface area contributed by atoms with E-state index < -0.39 is 0 Å². The maximum atomic E-state index is 12.1. The van der Waals surface area contributed by atoms with E-state index in [1.807, 2.05) is 25.8 Å². The SMILES string of the molecule is Cc1ccc([C@H](C)NC(=O)CN(C)Cc2snnc2C)cc1. The maximum Gasteiger partial charge on any atom is 0.234 e. The topological polar surface area (TPSA) is 58.1 Å². The molecule has 0 aliphatic rings. The highest BCUT2D eigenvalue weighted by Gasteiger charge is 2.13. The molecule has 0 aliphatic heterocycles. The largest absolute Gasteiger partial charge is 0.348 e. The molecular weight excluding hydrogens is 296 g/mol. The van der Waals surface area contributed by atoms with Crippen molar-refractivity contribution in [2.45, 2.75) is 33.4 Å². The van der Waals surface area contributed by atoms with Crippen LogP contribution in [0.5, 0.6) is 0 Å².